The van der Waals surface area contributed by atoms with Crippen LogP contribution < -0.4 is 5.32 Å². The van der Waals surface area contributed by atoms with E-state index in [9.17, 15) is 4.79 Å². The lowest BCUT2D eigenvalue weighted by Gasteiger charge is -2.24. The van der Waals surface area contributed by atoms with Gasteiger partial charge in [0, 0.05) is 26.2 Å². The first-order valence-electron chi connectivity index (χ1n) is 8.19. The highest BCUT2D eigenvalue weighted by molar-refractivity contribution is 5.72. The van der Waals surface area contributed by atoms with Gasteiger partial charge in [-0.3, -0.25) is 14.7 Å². The van der Waals surface area contributed by atoms with Crippen molar-refractivity contribution in [1.29, 1.82) is 0 Å². The first-order valence-corrected chi connectivity index (χ1v) is 8.19. The third kappa shape index (κ3) is 4.17. The number of nitrogens with zero attached hydrogens (tertiary/aromatic N) is 2. The molecule has 4 heteroatoms. The highest BCUT2D eigenvalue weighted by Gasteiger charge is 2.26. The summed E-state index contributed by atoms with van der Waals surface area (Å²) in [6.45, 7) is 4.17. The fourth-order valence-corrected chi connectivity index (χ4v) is 3.13. The summed E-state index contributed by atoms with van der Waals surface area (Å²) < 4.78 is 0. The van der Waals surface area contributed by atoms with E-state index in [1.807, 2.05) is 6.20 Å². The molecular weight excluding hydrogens is 286 g/mol. The summed E-state index contributed by atoms with van der Waals surface area (Å²) in [4.78, 5) is 18.1. The monoisotopic (exact) mass is 309 g/mol. The largest absolute Gasteiger partial charge is 0.352 e. The van der Waals surface area contributed by atoms with Crippen LogP contribution in [0.15, 0.2) is 48.7 Å². The zero-order valence-corrected chi connectivity index (χ0v) is 13.5. The van der Waals surface area contributed by atoms with Crippen molar-refractivity contribution in [1.82, 2.24) is 15.2 Å². The summed E-state index contributed by atoms with van der Waals surface area (Å²) in [5.74, 6) is -0.0149. The predicted molar refractivity (Wildman–Crippen MR) is 90.6 cm³/mol. The number of aromatic nitrogens is 1. The Morgan fingerprint density at radius 2 is 2.04 bits per heavy atom. The smallest absolute Gasteiger partial charge is 0.217 e. The molecule has 2 aromatic rings. The van der Waals surface area contributed by atoms with Crippen LogP contribution in [0, 0.1) is 0 Å². The van der Waals surface area contributed by atoms with E-state index in [0.29, 0.717) is 12.6 Å². The second-order valence-electron chi connectivity index (χ2n) is 6.12. The Hall–Kier alpha value is -2.20. The Labute approximate surface area is 137 Å². The molecule has 3 rings (SSSR count). The highest BCUT2D eigenvalue weighted by Crippen LogP contribution is 2.32. The molecule has 1 N–H and O–H groups in total. The number of nitrogens with one attached hydrogen (secondary N) is 1. The summed E-state index contributed by atoms with van der Waals surface area (Å²) in [5, 5.41) is 2.80. The maximum Gasteiger partial charge on any atom is 0.217 e. The number of carbonyl (C=O) groups is 1. The standard InChI is InChI=1S/C19H23N3O/c1-15(23)20-12-17-9-10-18(21-13-17)19-8-5-11-22(19)14-16-6-3-2-4-7-16/h2-4,6-7,9-10,13,19H,5,8,11-12,14H2,1H3,(H,20,23). The van der Waals surface area contributed by atoms with E-state index in [2.05, 4.69) is 57.7 Å². The minimum Gasteiger partial charge on any atom is -0.352 e. The van der Waals surface area contributed by atoms with Gasteiger partial charge >= 0.3 is 0 Å². The lowest BCUT2D eigenvalue weighted by Crippen LogP contribution is -2.23. The molecule has 1 fully saturated rings. The van der Waals surface area contributed by atoms with Crippen LogP contribution in [0.3, 0.4) is 0 Å². The van der Waals surface area contributed by atoms with Crippen LogP contribution in [-0.2, 0) is 17.9 Å². The number of carbonyl (C=O) groups excluding carboxylic acids is 1. The molecule has 1 atom stereocenters. The molecule has 23 heavy (non-hydrogen) atoms. The molecule has 1 aliphatic rings. The van der Waals surface area contributed by atoms with E-state index < -0.39 is 0 Å². The lowest BCUT2D eigenvalue weighted by molar-refractivity contribution is -0.119. The molecule has 1 aromatic heterocycles. The van der Waals surface area contributed by atoms with E-state index in [0.717, 1.165) is 30.8 Å². The summed E-state index contributed by atoms with van der Waals surface area (Å²) in [7, 11) is 0. The van der Waals surface area contributed by atoms with Gasteiger partial charge in [0.15, 0.2) is 0 Å². The quantitative estimate of drug-likeness (QED) is 0.923. The van der Waals surface area contributed by atoms with Crippen molar-refractivity contribution in [3.8, 4) is 0 Å². The second-order valence-corrected chi connectivity index (χ2v) is 6.12. The van der Waals surface area contributed by atoms with Crippen molar-refractivity contribution in [2.24, 2.45) is 0 Å². The second kappa shape index (κ2) is 7.38. The maximum absolute atomic E-state index is 11.0. The SMILES string of the molecule is CC(=O)NCc1ccc(C2CCCN2Cc2ccccc2)nc1. The van der Waals surface area contributed by atoms with E-state index in [-0.39, 0.29) is 5.91 Å². The Morgan fingerprint density at radius 3 is 2.74 bits per heavy atom. The molecule has 0 spiro atoms. The number of likely N-dealkylation sites (tertiary alicyclic amines) is 1. The Morgan fingerprint density at radius 1 is 1.22 bits per heavy atom. The van der Waals surface area contributed by atoms with Gasteiger partial charge in [0.2, 0.25) is 5.91 Å². The average molecular weight is 309 g/mol. The predicted octanol–water partition coefficient (Wildman–Crippen LogP) is 3.05. The van der Waals surface area contributed by atoms with Crippen molar-refractivity contribution in [3.63, 3.8) is 0 Å². The van der Waals surface area contributed by atoms with E-state index in [1.54, 1.807) is 0 Å². The first-order chi connectivity index (χ1) is 11.2. The number of hydrogen-bond acceptors (Lipinski definition) is 3. The fourth-order valence-electron chi connectivity index (χ4n) is 3.13. The van der Waals surface area contributed by atoms with Crippen LogP contribution in [0.4, 0.5) is 0 Å². The minimum absolute atomic E-state index is 0.0149. The Kier molecular flexibility index (Phi) is 5.03. The summed E-state index contributed by atoms with van der Waals surface area (Å²) in [6, 6.07) is 15.2. The third-order valence-electron chi connectivity index (χ3n) is 4.32. The van der Waals surface area contributed by atoms with Gasteiger partial charge in [-0.15, -0.1) is 0 Å². The normalized spacial score (nSPS) is 18.0. The Balaban J connectivity index is 1.66. The van der Waals surface area contributed by atoms with Gasteiger partial charge in [-0.2, -0.15) is 0 Å². The van der Waals surface area contributed by atoms with Gasteiger partial charge < -0.3 is 5.32 Å². The molecule has 0 saturated carbocycles. The fraction of sp³-hybridized carbons (Fsp3) is 0.368. The van der Waals surface area contributed by atoms with Crippen LogP contribution in [0.25, 0.3) is 0 Å². The molecule has 1 amide bonds. The summed E-state index contributed by atoms with van der Waals surface area (Å²) in [5.41, 5.74) is 3.52. The maximum atomic E-state index is 11.0. The van der Waals surface area contributed by atoms with Gasteiger partial charge in [-0.25, -0.2) is 0 Å². The van der Waals surface area contributed by atoms with E-state index in [4.69, 9.17) is 0 Å². The van der Waals surface area contributed by atoms with Gasteiger partial charge in [-0.05, 0) is 36.6 Å². The molecule has 0 aliphatic carbocycles. The Bertz CT molecular complexity index is 639. The van der Waals surface area contributed by atoms with E-state index in [1.165, 1.54) is 18.9 Å². The van der Waals surface area contributed by atoms with Crippen molar-refractivity contribution < 1.29 is 4.79 Å². The molecule has 1 aromatic carbocycles. The van der Waals surface area contributed by atoms with Crippen molar-refractivity contribution in [3.05, 3.63) is 65.5 Å². The van der Waals surface area contributed by atoms with Crippen LogP contribution in [-0.4, -0.2) is 22.3 Å². The molecule has 1 unspecified atom stereocenters. The van der Waals surface area contributed by atoms with Crippen LogP contribution in [0.1, 0.15) is 42.6 Å². The summed E-state index contributed by atoms with van der Waals surface area (Å²) >= 11 is 0. The number of pyridine rings is 1. The van der Waals surface area contributed by atoms with Crippen LogP contribution in [0.5, 0.6) is 0 Å². The van der Waals surface area contributed by atoms with Crippen molar-refractivity contribution in [2.45, 2.75) is 38.9 Å². The minimum atomic E-state index is -0.0149. The van der Waals surface area contributed by atoms with Crippen molar-refractivity contribution >= 4 is 5.91 Å². The van der Waals surface area contributed by atoms with Gasteiger partial charge in [0.1, 0.15) is 0 Å². The number of benzene rings is 1. The molecular formula is C19H23N3O. The molecule has 2 heterocycles. The topological polar surface area (TPSA) is 45.2 Å². The van der Waals surface area contributed by atoms with Crippen LogP contribution >= 0.6 is 0 Å². The first kappa shape index (κ1) is 15.7. The average Bonchev–Trinajstić information content (AvgIpc) is 3.02. The molecule has 120 valence electrons. The van der Waals surface area contributed by atoms with Gasteiger partial charge in [0.05, 0.1) is 11.7 Å². The highest BCUT2D eigenvalue weighted by atomic mass is 16.1. The molecule has 4 nitrogen and oxygen atoms in total. The van der Waals surface area contributed by atoms with Gasteiger partial charge in [-0.1, -0.05) is 36.4 Å². The van der Waals surface area contributed by atoms with Gasteiger partial charge in [0.25, 0.3) is 0 Å². The molecule has 0 bridgehead atoms. The lowest BCUT2D eigenvalue weighted by atomic mass is 10.1. The van der Waals surface area contributed by atoms with Crippen LogP contribution in [0.2, 0.25) is 0 Å². The summed E-state index contributed by atoms with van der Waals surface area (Å²) in [6.07, 6.45) is 4.25. The van der Waals surface area contributed by atoms with Crippen molar-refractivity contribution in [2.75, 3.05) is 6.54 Å². The number of amides is 1. The zero-order valence-electron chi connectivity index (χ0n) is 13.5. The number of rotatable bonds is 5. The number of hydrogen-bond donors (Lipinski definition) is 1. The zero-order chi connectivity index (χ0) is 16.1. The third-order valence-corrected chi connectivity index (χ3v) is 4.32. The molecule has 1 saturated heterocycles. The molecule has 0 radical (unpaired) electrons. The molecule has 1 aliphatic heterocycles. The van der Waals surface area contributed by atoms with E-state index >= 15 is 0 Å².